The lowest BCUT2D eigenvalue weighted by Crippen LogP contribution is -2.57. The zero-order valence-electron chi connectivity index (χ0n) is 24.0. The smallest absolute Gasteiger partial charge is 0.246 e. The fourth-order valence-electron chi connectivity index (χ4n) is 4.00. The Bertz CT molecular complexity index is 694. The summed E-state index contributed by atoms with van der Waals surface area (Å²) >= 11 is 0. The van der Waals surface area contributed by atoms with Crippen molar-refractivity contribution in [2.24, 2.45) is 11.3 Å². The van der Waals surface area contributed by atoms with Crippen LogP contribution in [-0.4, -0.2) is 105 Å². The number of carbonyl (C=O) groups is 3. The van der Waals surface area contributed by atoms with Gasteiger partial charge in [0.2, 0.25) is 11.8 Å². The number of rotatable bonds is 18. The van der Waals surface area contributed by atoms with E-state index < -0.39 is 29.5 Å². The van der Waals surface area contributed by atoms with Gasteiger partial charge in [0.25, 0.3) is 0 Å². The van der Waals surface area contributed by atoms with Crippen LogP contribution in [0.5, 0.6) is 0 Å². The molecular formula is C27H51N3O7. The summed E-state index contributed by atoms with van der Waals surface area (Å²) in [5.74, 6) is -0.445. The number of β-amino-alcohol motifs (C(OH)–C–C–N with tert-alkyl or cyclic N) is 1. The number of nitrogens with one attached hydrogen (secondary N) is 2. The van der Waals surface area contributed by atoms with E-state index in [1.54, 1.807) is 0 Å². The molecule has 3 unspecified atom stereocenters. The molecule has 0 spiro atoms. The van der Waals surface area contributed by atoms with Gasteiger partial charge in [-0.15, -0.1) is 0 Å². The first-order valence-electron chi connectivity index (χ1n) is 13.6. The van der Waals surface area contributed by atoms with Crippen LogP contribution in [-0.2, 0) is 28.6 Å². The molecular weight excluding hydrogens is 478 g/mol. The highest BCUT2D eigenvalue weighted by Crippen LogP contribution is 2.27. The van der Waals surface area contributed by atoms with Crippen LogP contribution in [0, 0.1) is 11.3 Å². The second kappa shape index (κ2) is 17.1. The first kappa shape index (κ1) is 33.4. The zero-order valence-corrected chi connectivity index (χ0v) is 24.0. The molecule has 1 aliphatic heterocycles. The average Bonchev–Trinajstić information content (AvgIpc) is 3.19. The van der Waals surface area contributed by atoms with Crippen molar-refractivity contribution in [3.8, 4) is 0 Å². The highest BCUT2D eigenvalue weighted by atomic mass is 16.5. The molecule has 1 rings (SSSR count). The third-order valence-electron chi connectivity index (χ3n) is 6.10. The molecule has 0 aliphatic carbocycles. The summed E-state index contributed by atoms with van der Waals surface area (Å²) in [4.78, 5) is 40.3. The van der Waals surface area contributed by atoms with Crippen molar-refractivity contribution in [3.63, 3.8) is 0 Å². The molecule has 10 heteroatoms. The summed E-state index contributed by atoms with van der Waals surface area (Å²) in [6, 6.07) is -1.08. The largest absolute Gasteiger partial charge is 0.391 e. The van der Waals surface area contributed by atoms with Gasteiger partial charge in [-0.05, 0) is 17.8 Å². The van der Waals surface area contributed by atoms with E-state index in [2.05, 4.69) is 24.5 Å². The molecule has 10 nitrogen and oxygen atoms in total. The lowest BCUT2D eigenvalue weighted by molar-refractivity contribution is -0.144. The van der Waals surface area contributed by atoms with E-state index in [1.165, 1.54) is 4.90 Å². The number of hydrogen-bond donors (Lipinski definition) is 3. The first-order chi connectivity index (χ1) is 17.3. The van der Waals surface area contributed by atoms with E-state index in [9.17, 15) is 19.5 Å². The van der Waals surface area contributed by atoms with Crippen molar-refractivity contribution in [2.45, 2.75) is 92.0 Å². The lowest BCUT2D eigenvalue weighted by atomic mass is 9.85. The highest BCUT2D eigenvalue weighted by Gasteiger charge is 2.44. The fourth-order valence-corrected chi connectivity index (χ4v) is 4.00. The minimum atomic E-state index is -0.854. The van der Waals surface area contributed by atoms with Crippen molar-refractivity contribution in [2.75, 3.05) is 52.7 Å². The lowest BCUT2D eigenvalue weighted by Gasteiger charge is -2.35. The maximum absolute atomic E-state index is 13.5. The minimum absolute atomic E-state index is 0.0430. The summed E-state index contributed by atoms with van der Waals surface area (Å²) in [5.41, 5.74) is -0.598. The van der Waals surface area contributed by atoms with Gasteiger partial charge in [0.15, 0.2) is 5.78 Å². The molecule has 0 bridgehead atoms. The molecule has 0 aromatic heterocycles. The summed E-state index contributed by atoms with van der Waals surface area (Å²) in [6.07, 6.45) is 0.578. The van der Waals surface area contributed by atoms with E-state index in [0.717, 1.165) is 13.0 Å². The summed E-state index contributed by atoms with van der Waals surface area (Å²) in [6.45, 7) is 16.6. The Labute approximate surface area is 223 Å². The maximum atomic E-state index is 13.5. The van der Waals surface area contributed by atoms with Crippen LogP contribution >= 0.6 is 0 Å². The van der Waals surface area contributed by atoms with Crippen LogP contribution in [0.2, 0.25) is 0 Å². The normalized spacial score (nSPS) is 19.0. The molecule has 1 fully saturated rings. The first-order valence-corrected chi connectivity index (χ1v) is 13.6. The van der Waals surface area contributed by atoms with Crippen molar-refractivity contribution in [3.05, 3.63) is 0 Å². The van der Waals surface area contributed by atoms with Gasteiger partial charge in [0.05, 0.1) is 45.2 Å². The Balaban J connectivity index is 2.46. The number of aliphatic hydroxyl groups excluding tert-OH is 1. The van der Waals surface area contributed by atoms with E-state index in [0.29, 0.717) is 44.8 Å². The zero-order chi connectivity index (χ0) is 28.0. The minimum Gasteiger partial charge on any atom is -0.391 e. The van der Waals surface area contributed by atoms with Crippen LogP contribution in [0.3, 0.4) is 0 Å². The molecule has 3 atom stereocenters. The van der Waals surface area contributed by atoms with Gasteiger partial charge in [-0.1, -0.05) is 48.5 Å². The predicted molar refractivity (Wildman–Crippen MR) is 142 cm³/mol. The van der Waals surface area contributed by atoms with Crippen LogP contribution < -0.4 is 10.6 Å². The van der Waals surface area contributed by atoms with Gasteiger partial charge >= 0.3 is 0 Å². The fraction of sp³-hybridized carbons (Fsp3) is 0.889. The summed E-state index contributed by atoms with van der Waals surface area (Å²) < 4.78 is 16.3. The number of Topliss-reactive ketones (excluding diaryl/α,β-unsaturated/α-hetero) is 1. The van der Waals surface area contributed by atoms with E-state index in [-0.39, 0.29) is 37.9 Å². The number of hydrogen-bond acceptors (Lipinski definition) is 8. The predicted octanol–water partition coefficient (Wildman–Crippen LogP) is 1.53. The molecule has 3 N–H and O–H groups in total. The Morgan fingerprint density at radius 1 is 0.973 bits per heavy atom. The number of amides is 2. The van der Waals surface area contributed by atoms with Gasteiger partial charge in [-0.25, -0.2) is 0 Å². The van der Waals surface area contributed by atoms with Crippen molar-refractivity contribution < 1.29 is 33.7 Å². The van der Waals surface area contributed by atoms with Crippen molar-refractivity contribution >= 4 is 17.6 Å². The van der Waals surface area contributed by atoms with Crippen molar-refractivity contribution in [1.29, 1.82) is 0 Å². The van der Waals surface area contributed by atoms with Gasteiger partial charge in [0.1, 0.15) is 12.6 Å². The van der Waals surface area contributed by atoms with E-state index in [1.807, 2.05) is 34.6 Å². The molecule has 1 aliphatic rings. The van der Waals surface area contributed by atoms with Crippen molar-refractivity contribution in [1.82, 2.24) is 15.5 Å². The number of ether oxygens (including phenoxy) is 3. The van der Waals surface area contributed by atoms with Crippen LogP contribution in [0.25, 0.3) is 0 Å². The molecule has 37 heavy (non-hydrogen) atoms. The van der Waals surface area contributed by atoms with Gasteiger partial charge in [0, 0.05) is 32.0 Å². The Morgan fingerprint density at radius 2 is 1.57 bits per heavy atom. The molecule has 2 amide bonds. The number of likely N-dealkylation sites (tertiary alicyclic amines) is 1. The van der Waals surface area contributed by atoms with Gasteiger partial charge in [-0.3, -0.25) is 14.4 Å². The molecule has 1 heterocycles. The third kappa shape index (κ3) is 13.7. The van der Waals surface area contributed by atoms with E-state index in [4.69, 9.17) is 14.2 Å². The molecule has 0 aromatic rings. The second-order valence-electron chi connectivity index (χ2n) is 11.5. The average molecular weight is 530 g/mol. The van der Waals surface area contributed by atoms with Gasteiger partial charge < -0.3 is 34.9 Å². The summed E-state index contributed by atoms with van der Waals surface area (Å²) in [7, 11) is 0. The Kier molecular flexibility index (Phi) is 15.4. The van der Waals surface area contributed by atoms with Crippen LogP contribution in [0.4, 0.5) is 0 Å². The van der Waals surface area contributed by atoms with Crippen LogP contribution in [0.15, 0.2) is 0 Å². The molecule has 0 radical (unpaired) electrons. The third-order valence-corrected chi connectivity index (χ3v) is 6.10. The van der Waals surface area contributed by atoms with Crippen LogP contribution in [0.1, 0.15) is 67.7 Å². The molecule has 1 saturated heterocycles. The second-order valence-corrected chi connectivity index (χ2v) is 11.5. The number of nitrogens with zero attached hydrogens (tertiary/aromatic N) is 1. The molecule has 0 aromatic carbocycles. The maximum Gasteiger partial charge on any atom is 0.246 e. The Hall–Kier alpha value is -1.59. The summed E-state index contributed by atoms with van der Waals surface area (Å²) in [5, 5.41) is 16.3. The molecule has 216 valence electrons. The molecule has 0 saturated carbocycles. The quantitative estimate of drug-likeness (QED) is 0.228. The SMILES string of the molecule is CC(C)CCC(=O)C1CC(O)CN1C(=O)C(NC(=O)COCCOCCOCCNC(C)C)C(C)(C)C. The van der Waals surface area contributed by atoms with Gasteiger partial charge in [-0.2, -0.15) is 0 Å². The topological polar surface area (TPSA) is 126 Å². The number of carbonyl (C=O) groups excluding carboxylic acids is 3. The Morgan fingerprint density at radius 3 is 2.14 bits per heavy atom. The monoisotopic (exact) mass is 529 g/mol. The number of ketones is 1. The van der Waals surface area contributed by atoms with E-state index >= 15 is 0 Å². The number of aliphatic hydroxyl groups is 1. The highest BCUT2D eigenvalue weighted by molar-refractivity contribution is 5.94. The standard InChI is InChI=1S/C27H51N3O7/c1-19(2)8-9-23(32)22-16-21(31)17-30(22)26(34)25(27(5,6)7)29-24(33)18-37-15-14-36-13-12-35-11-10-28-20(3)4/h19-22,25,28,31H,8-18H2,1-7H3,(H,29,33).